The lowest BCUT2D eigenvalue weighted by Crippen LogP contribution is -2.50. The molecule has 0 fully saturated rings. The van der Waals surface area contributed by atoms with Crippen LogP contribution in [-0.4, -0.2) is 80.6 Å². The topological polar surface area (TPSA) is 99.1 Å². The van der Waals surface area contributed by atoms with Gasteiger partial charge in [-0.2, -0.15) is 0 Å². The van der Waals surface area contributed by atoms with E-state index in [-0.39, 0.29) is 36.2 Å². The molecule has 0 amide bonds. The van der Waals surface area contributed by atoms with Crippen molar-refractivity contribution in [2.24, 2.45) is 0 Å². The van der Waals surface area contributed by atoms with Crippen molar-refractivity contribution in [1.82, 2.24) is 0 Å². The number of allylic oxidation sites excluding steroid dienone is 4. The van der Waals surface area contributed by atoms with E-state index in [1.54, 1.807) is 0 Å². The summed E-state index contributed by atoms with van der Waals surface area (Å²) in [5.41, 5.74) is 0. The molecule has 0 aliphatic rings. The number of quaternary nitrogens is 1. The van der Waals surface area contributed by atoms with Gasteiger partial charge in [0.25, 0.3) is 0 Å². The number of ether oxygens (including phenoxy) is 3. The molecule has 0 heterocycles. The highest BCUT2D eigenvalue weighted by molar-refractivity contribution is 5.72. The molecule has 2 unspecified atom stereocenters. The average Bonchev–Trinajstić information content (AvgIpc) is 3.05. The maximum atomic E-state index is 12.6. The van der Waals surface area contributed by atoms with E-state index >= 15 is 0 Å². The molecule has 0 aromatic heterocycles. The van der Waals surface area contributed by atoms with Crippen LogP contribution < -0.4 is 0 Å². The smallest absolute Gasteiger partial charge is 0.362 e. The number of carbonyl (C=O) groups is 3. The molecule has 0 bridgehead atoms. The Hall–Kier alpha value is -2.19. The predicted octanol–water partition coefficient (Wildman–Crippen LogP) is 10.1. The third-order valence-electron chi connectivity index (χ3n) is 8.82. The summed E-state index contributed by atoms with van der Waals surface area (Å²) in [6, 6.07) is -0.613. The maximum absolute atomic E-state index is 12.6. The number of carboxylic acids is 1. The molecule has 1 N–H and O–H groups in total. The highest BCUT2D eigenvalue weighted by Crippen LogP contribution is 2.13. The monoisotopic (exact) mass is 695 g/mol. The van der Waals surface area contributed by atoms with Crippen molar-refractivity contribution in [1.29, 1.82) is 0 Å². The number of rotatable bonds is 35. The zero-order valence-corrected chi connectivity index (χ0v) is 32.4. The van der Waals surface area contributed by atoms with E-state index in [2.05, 4.69) is 38.2 Å². The Labute approximate surface area is 301 Å². The number of hydrogen-bond donors (Lipinski definition) is 1. The molecule has 0 saturated heterocycles. The predicted molar refractivity (Wildman–Crippen MR) is 202 cm³/mol. The van der Waals surface area contributed by atoms with E-state index in [0.717, 1.165) is 57.8 Å². The largest absolute Gasteiger partial charge is 0.477 e. The molecule has 0 rings (SSSR count). The van der Waals surface area contributed by atoms with Crippen LogP contribution in [0.25, 0.3) is 0 Å². The zero-order valence-electron chi connectivity index (χ0n) is 32.4. The van der Waals surface area contributed by atoms with E-state index < -0.39 is 18.1 Å². The van der Waals surface area contributed by atoms with Crippen molar-refractivity contribution in [2.45, 2.75) is 180 Å². The fourth-order valence-electron chi connectivity index (χ4n) is 5.65. The van der Waals surface area contributed by atoms with Gasteiger partial charge in [-0.3, -0.25) is 9.59 Å². The van der Waals surface area contributed by atoms with Crippen molar-refractivity contribution in [3.05, 3.63) is 24.3 Å². The van der Waals surface area contributed by atoms with Crippen LogP contribution >= 0.6 is 0 Å². The minimum Gasteiger partial charge on any atom is -0.477 e. The van der Waals surface area contributed by atoms with Crippen LogP contribution in [0.2, 0.25) is 0 Å². The number of carboxylic acid groups (broad SMARTS) is 1. The van der Waals surface area contributed by atoms with E-state index in [0.29, 0.717) is 19.3 Å². The molecule has 8 nitrogen and oxygen atoms in total. The Bertz CT molecular complexity index is 864. The van der Waals surface area contributed by atoms with Crippen LogP contribution in [0.3, 0.4) is 0 Å². The third-order valence-corrected chi connectivity index (χ3v) is 8.82. The summed E-state index contributed by atoms with van der Waals surface area (Å²) < 4.78 is 17.2. The first-order valence-corrected chi connectivity index (χ1v) is 19.9. The summed E-state index contributed by atoms with van der Waals surface area (Å²) in [5, 5.41) is 9.58. The second-order valence-electron chi connectivity index (χ2n) is 14.5. The summed E-state index contributed by atoms with van der Waals surface area (Å²) >= 11 is 0. The van der Waals surface area contributed by atoms with Gasteiger partial charge >= 0.3 is 17.9 Å². The summed E-state index contributed by atoms with van der Waals surface area (Å²) in [4.78, 5) is 36.8. The number of hydrogen-bond acceptors (Lipinski definition) is 6. The second-order valence-corrected chi connectivity index (χ2v) is 14.5. The maximum Gasteiger partial charge on any atom is 0.362 e. The lowest BCUT2D eigenvalue weighted by atomic mass is 10.1. The second kappa shape index (κ2) is 33.0. The van der Waals surface area contributed by atoms with E-state index in [1.807, 2.05) is 21.1 Å². The third kappa shape index (κ3) is 31.5. The van der Waals surface area contributed by atoms with Gasteiger partial charge in [-0.15, -0.1) is 0 Å². The molecule has 0 aromatic rings. The van der Waals surface area contributed by atoms with Gasteiger partial charge in [0.1, 0.15) is 6.61 Å². The van der Waals surface area contributed by atoms with Crippen molar-refractivity contribution >= 4 is 17.9 Å². The summed E-state index contributed by atoms with van der Waals surface area (Å²) in [5.74, 6) is -1.49. The molecule has 0 radical (unpaired) electrons. The molecule has 49 heavy (non-hydrogen) atoms. The minimum absolute atomic E-state index is 0.0557. The van der Waals surface area contributed by atoms with Gasteiger partial charge in [-0.05, 0) is 57.8 Å². The Balaban J connectivity index is 4.38. The van der Waals surface area contributed by atoms with Gasteiger partial charge in [0.15, 0.2) is 12.1 Å². The number of nitrogens with zero attached hydrogens (tertiary/aromatic N) is 1. The van der Waals surface area contributed by atoms with Crippen molar-refractivity contribution < 1.29 is 38.2 Å². The molecule has 0 spiro atoms. The molecule has 0 aromatic carbocycles. The first-order valence-electron chi connectivity index (χ1n) is 19.9. The zero-order chi connectivity index (χ0) is 36.4. The van der Waals surface area contributed by atoms with E-state index in [4.69, 9.17) is 14.2 Å². The van der Waals surface area contributed by atoms with Crippen LogP contribution in [0, 0.1) is 0 Å². The SMILES string of the molecule is CCCC/C=C/CCCCCCC(=O)OC(COCCC(C(=O)O)[N+](C)(C)C)COC(=O)CCCCCCCCC/C=C/CCCCCC. The average molecular weight is 695 g/mol. The fraction of sp³-hybridized carbons (Fsp3) is 0.829. The van der Waals surface area contributed by atoms with Gasteiger partial charge in [-0.25, -0.2) is 4.79 Å². The van der Waals surface area contributed by atoms with Crippen LogP contribution in [0.4, 0.5) is 0 Å². The molecular weight excluding hydrogens is 618 g/mol. The van der Waals surface area contributed by atoms with Crippen LogP contribution in [0.1, 0.15) is 168 Å². The first kappa shape index (κ1) is 46.8. The number of carbonyl (C=O) groups excluding carboxylic acids is 2. The number of esters is 2. The number of aliphatic carboxylic acids is 1. The van der Waals surface area contributed by atoms with E-state index in [1.165, 1.54) is 77.0 Å². The normalized spacial score (nSPS) is 13.2. The Morgan fingerprint density at radius 3 is 1.53 bits per heavy atom. The number of unbranched alkanes of at least 4 members (excludes halogenated alkanes) is 17. The Morgan fingerprint density at radius 2 is 1.04 bits per heavy atom. The van der Waals surface area contributed by atoms with Crippen molar-refractivity contribution in [2.75, 3.05) is 41.0 Å². The molecule has 286 valence electrons. The summed E-state index contributed by atoms with van der Waals surface area (Å²) in [6.07, 6.45) is 33.6. The van der Waals surface area contributed by atoms with Gasteiger partial charge < -0.3 is 23.8 Å². The summed E-state index contributed by atoms with van der Waals surface area (Å²) in [7, 11) is 5.51. The standard InChI is InChI=1S/C41H75NO7/c1-6-8-10-12-14-16-18-19-20-21-22-24-25-27-29-31-39(43)48-36-37(35-47-34-33-38(41(45)46)42(3,4)5)49-40(44)32-30-28-26-23-17-15-13-11-9-7-2/h13,15-16,18,37-38H,6-12,14,17,19-36H2,1-5H3/p+1/b15-13+,18-16+. The van der Waals surface area contributed by atoms with Crippen molar-refractivity contribution in [3.63, 3.8) is 0 Å². The molecular formula is C41H76NO7+. The van der Waals surface area contributed by atoms with Crippen LogP contribution in [0.15, 0.2) is 24.3 Å². The van der Waals surface area contributed by atoms with Gasteiger partial charge in [0.05, 0.1) is 34.4 Å². The lowest BCUT2D eigenvalue weighted by molar-refractivity contribution is -0.887. The molecule has 0 aliphatic carbocycles. The molecule has 2 atom stereocenters. The molecule has 0 aliphatic heterocycles. The van der Waals surface area contributed by atoms with Gasteiger partial charge in [0, 0.05) is 19.3 Å². The highest BCUT2D eigenvalue weighted by atomic mass is 16.6. The van der Waals surface area contributed by atoms with Gasteiger partial charge in [-0.1, -0.05) is 115 Å². The Kier molecular flexibility index (Phi) is 31.5. The Morgan fingerprint density at radius 1 is 0.592 bits per heavy atom. The van der Waals surface area contributed by atoms with E-state index in [9.17, 15) is 19.5 Å². The van der Waals surface area contributed by atoms with Crippen LogP contribution in [-0.2, 0) is 28.6 Å². The number of likely N-dealkylation sites (N-methyl/N-ethyl adjacent to an activating group) is 1. The molecule has 8 heteroatoms. The highest BCUT2D eigenvalue weighted by Gasteiger charge is 2.31. The van der Waals surface area contributed by atoms with Gasteiger partial charge in [0.2, 0.25) is 0 Å². The lowest BCUT2D eigenvalue weighted by Gasteiger charge is -2.31. The first-order chi connectivity index (χ1) is 23.6. The van der Waals surface area contributed by atoms with Crippen LogP contribution in [0.5, 0.6) is 0 Å². The quantitative estimate of drug-likeness (QED) is 0.0305. The molecule has 0 saturated carbocycles. The minimum atomic E-state index is -0.878. The van der Waals surface area contributed by atoms with Crippen molar-refractivity contribution in [3.8, 4) is 0 Å². The summed E-state index contributed by atoms with van der Waals surface area (Å²) in [6.45, 7) is 4.65. The fourth-order valence-corrected chi connectivity index (χ4v) is 5.65.